The molecule has 79 heavy (non-hydrogen) atoms. The van der Waals surface area contributed by atoms with Crippen LogP contribution >= 0.6 is 42.9 Å². The highest BCUT2D eigenvalue weighted by Crippen LogP contribution is 2.53. The smallest absolute Gasteiger partial charge is 0.472 e. The lowest BCUT2D eigenvalue weighted by atomic mass is 10.1. The standard InChI is InChI=1S/C41H60ClN9O24P4/c1-22-17-50(41(56)47-37(22)52)33-15-28(31(71-33)19-67-76(57,58)65-3)74-79(63,64)69-20-32-29(75-78(61,62)68-18-30-27(13-23(2)70-30)73-77(59,60)66-4)16-34(72-32)51-21-49(35-36(51)45-40(44)46-38(35)53)12-11-48(10-9-42)25-7-5-24(6-8-25)14-26(43)39(54)55/h5-8,17,21,23,26-34H,9-16,18-20,43H2,1-4H3,(H8-,44,45,46,47,52,53,54,55,56,57,58,59,60,61,62,63,64)/p+1/t23-,26-,27+,28+,29+,30+,31+,32+,33+,34+/m0/s1. The van der Waals surface area contributed by atoms with Crippen molar-refractivity contribution >= 4 is 71.7 Å². The molecule has 3 aliphatic heterocycles. The average Bonchev–Trinajstić information content (AvgIpc) is 4.36. The number of anilines is 2. The van der Waals surface area contributed by atoms with Gasteiger partial charge in [0.25, 0.3) is 17.1 Å². The number of imidazole rings is 1. The molecule has 6 heterocycles. The Morgan fingerprint density at radius 3 is 2.01 bits per heavy atom. The highest BCUT2D eigenvalue weighted by atomic mass is 35.5. The number of nitrogens with zero attached hydrogens (tertiary/aromatic N) is 5. The van der Waals surface area contributed by atoms with Crippen LogP contribution in [-0.2, 0) is 86.4 Å². The summed E-state index contributed by atoms with van der Waals surface area (Å²) in [5.41, 5.74) is 10.8. The van der Waals surface area contributed by atoms with Crippen molar-refractivity contribution in [3.8, 4) is 0 Å². The molecule has 0 amide bonds. The molecule has 38 heteroatoms. The van der Waals surface area contributed by atoms with Crippen LogP contribution in [0.5, 0.6) is 0 Å². The number of carbonyl (C=O) groups is 1. The molecule has 4 unspecified atom stereocenters. The van der Waals surface area contributed by atoms with Crippen LogP contribution in [-0.4, -0.2) is 157 Å². The SMILES string of the molecule is COP(=O)(O)OC[C@H]1O[C@@H](n2cc(C)c(=O)[nH]c2=O)C[C@H]1OP(=O)(O)OC[C@H]1O[C@@H]([n+]2cn(CCN(CCCl)c3ccc(C[C@H](N)C(=O)O)cc3)c3c(=O)[nH]c(N)nc32)C[C@H]1OP(=O)(O)OC[C@H]1O[C@@H](C)C[C@H]1OP(=O)(O)OC. The van der Waals surface area contributed by atoms with Crippen LogP contribution in [0.25, 0.3) is 11.2 Å². The molecular weight excluding hydrogens is 1160 g/mol. The number of aromatic nitrogens is 6. The third kappa shape index (κ3) is 16.3. The second-order valence-electron chi connectivity index (χ2n) is 18.3. The topological polar surface area (TPSA) is 453 Å². The number of hydrogen-bond donors (Lipinski definition) is 9. The Hall–Kier alpha value is -4.11. The van der Waals surface area contributed by atoms with E-state index in [0.29, 0.717) is 17.8 Å². The molecule has 0 radical (unpaired) electrons. The van der Waals surface area contributed by atoms with Gasteiger partial charge in [-0.15, -0.1) is 11.6 Å². The van der Waals surface area contributed by atoms with E-state index in [9.17, 15) is 62.1 Å². The van der Waals surface area contributed by atoms with E-state index < -0.39 is 142 Å². The number of carboxylic acid groups (broad SMARTS) is 1. The predicted molar refractivity (Wildman–Crippen MR) is 272 cm³/mol. The number of hydrogen-bond acceptors (Lipinski definition) is 23. The Bertz CT molecular complexity index is 3190. The summed E-state index contributed by atoms with van der Waals surface area (Å²) in [6.07, 6.45) is -9.66. The van der Waals surface area contributed by atoms with Crippen molar-refractivity contribution in [2.24, 2.45) is 5.73 Å². The molecule has 0 bridgehead atoms. The number of nitrogens with one attached hydrogen (secondary N) is 2. The van der Waals surface area contributed by atoms with Gasteiger partial charge in [0.1, 0.15) is 48.9 Å². The number of benzene rings is 1. The highest BCUT2D eigenvalue weighted by molar-refractivity contribution is 7.48. The van der Waals surface area contributed by atoms with Gasteiger partial charge in [0.2, 0.25) is 5.52 Å². The molecule has 3 saturated heterocycles. The molecular formula is C41H61ClN9O24P4+. The van der Waals surface area contributed by atoms with Gasteiger partial charge >= 0.3 is 48.6 Å². The number of fused-ring (bicyclic) bond motifs is 1. The number of carboxylic acids is 1. The molecule has 4 aromatic rings. The van der Waals surface area contributed by atoms with Gasteiger partial charge in [-0.05, 0) is 38.0 Å². The van der Waals surface area contributed by atoms with Crippen molar-refractivity contribution in [2.45, 2.75) is 107 Å². The van der Waals surface area contributed by atoms with E-state index in [1.165, 1.54) is 22.4 Å². The van der Waals surface area contributed by atoms with Crippen LogP contribution in [0.2, 0.25) is 0 Å². The van der Waals surface area contributed by atoms with Gasteiger partial charge in [-0.3, -0.25) is 69.7 Å². The lowest BCUT2D eigenvalue weighted by molar-refractivity contribution is -0.739. The number of aryl methyl sites for hydroxylation is 1. The fourth-order valence-corrected chi connectivity index (χ4v) is 12.1. The highest BCUT2D eigenvalue weighted by Gasteiger charge is 2.48. The van der Waals surface area contributed by atoms with Crippen molar-refractivity contribution < 1.29 is 103 Å². The molecule has 11 N–H and O–H groups in total. The number of phosphoric acid groups is 4. The van der Waals surface area contributed by atoms with Crippen LogP contribution in [0.3, 0.4) is 0 Å². The molecule has 3 aromatic heterocycles. The molecule has 3 aliphatic rings. The van der Waals surface area contributed by atoms with E-state index in [0.717, 1.165) is 25.0 Å². The number of halogens is 1. The van der Waals surface area contributed by atoms with Crippen LogP contribution in [0, 0.1) is 6.92 Å². The van der Waals surface area contributed by atoms with Crippen LogP contribution in [0.1, 0.15) is 49.8 Å². The molecule has 33 nitrogen and oxygen atoms in total. The first kappa shape index (κ1) is 62.5. The number of aromatic amines is 2. The number of ether oxygens (including phenoxy) is 3. The summed E-state index contributed by atoms with van der Waals surface area (Å²) in [6, 6.07) is 5.86. The van der Waals surface area contributed by atoms with Crippen LogP contribution < -0.4 is 37.7 Å². The Morgan fingerprint density at radius 2 is 1.41 bits per heavy atom. The Morgan fingerprint density at radius 1 is 0.835 bits per heavy atom. The van der Waals surface area contributed by atoms with Crippen molar-refractivity contribution in [2.75, 3.05) is 63.6 Å². The maximum atomic E-state index is 13.9. The molecule has 440 valence electrons. The number of aliphatic carboxylic acids is 1. The lowest BCUT2D eigenvalue weighted by Crippen LogP contribution is -2.40. The number of rotatable bonds is 28. The normalized spacial score (nSPS) is 26.8. The summed E-state index contributed by atoms with van der Waals surface area (Å²) in [4.78, 5) is 103. The molecule has 14 atom stereocenters. The number of nitrogen functional groups attached to an aromatic ring is 1. The van der Waals surface area contributed by atoms with Gasteiger partial charge in [0, 0.05) is 69.9 Å². The largest absolute Gasteiger partial charge is 0.480 e. The molecule has 1 aromatic carbocycles. The van der Waals surface area contributed by atoms with Gasteiger partial charge in [-0.1, -0.05) is 17.1 Å². The maximum absolute atomic E-state index is 13.9. The first-order valence-electron chi connectivity index (χ1n) is 24.0. The molecule has 3 fully saturated rings. The van der Waals surface area contributed by atoms with E-state index >= 15 is 0 Å². The van der Waals surface area contributed by atoms with Gasteiger partial charge in [0.15, 0.2) is 12.6 Å². The third-order valence-corrected chi connectivity index (χ3v) is 16.8. The van der Waals surface area contributed by atoms with Crippen molar-refractivity contribution in [1.82, 2.24) is 24.1 Å². The molecule has 0 spiro atoms. The quantitative estimate of drug-likeness (QED) is 0.0216. The maximum Gasteiger partial charge on any atom is 0.472 e. The van der Waals surface area contributed by atoms with Crippen molar-refractivity contribution in [1.29, 1.82) is 0 Å². The van der Waals surface area contributed by atoms with Crippen LogP contribution in [0.4, 0.5) is 11.6 Å². The number of nitrogens with two attached hydrogens (primary N) is 2. The van der Waals surface area contributed by atoms with Gasteiger partial charge in [-0.25, -0.2) is 27.6 Å². The van der Waals surface area contributed by atoms with Gasteiger partial charge in [0.05, 0.1) is 32.5 Å². The average molecular weight is 1220 g/mol. The van der Waals surface area contributed by atoms with E-state index in [2.05, 4.69) is 24.0 Å². The zero-order chi connectivity index (χ0) is 57.8. The van der Waals surface area contributed by atoms with Gasteiger partial charge in [-0.2, -0.15) is 0 Å². The van der Waals surface area contributed by atoms with Crippen LogP contribution in [0.15, 0.2) is 51.2 Å². The summed E-state index contributed by atoms with van der Waals surface area (Å²) in [7, 11) is -18.0. The lowest BCUT2D eigenvalue weighted by Gasteiger charge is -2.25. The number of H-pyrrole nitrogens is 2. The van der Waals surface area contributed by atoms with Gasteiger partial charge < -0.3 is 55.3 Å². The van der Waals surface area contributed by atoms with Crippen molar-refractivity contribution in [3.05, 3.63) is 79.1 Å². The zero-order valence-corrected chi connectivity index (χ0v) is 46.9. The minimum atomic E-state index is -5.35. The first-order valence-corrected chi connectivity index (χ1v) is 30.5. The second-order valence-corrected chi connectivity index (χ2v) is 24.6. The van der Waals surface area contributed by atoms with E-state index in [1.807, 2.05) is 4.90 Å². The minimum absolute atomic E-state index is 0.00959. The summed E-state index contributed by atoms with van der Waals surface area (Å²) >= 11 is 6.21. The molecule has 0 saturated carbocycles. The first-order chi connectivity index (χ1) is 37.1. The summed E-state index contributed by atoms with van der Waals surface area (Å²) in [6.45, 7) is 1.18. The molecule has 0 aliphatic carbocycles. The Kier molecular flexibility index (Phi) is 20.6. The number of phosphoric ester groups is 4. The zero-order valence-electron chi connectivity index (χ0n) is 42.6. The predicted octanol–water partition coefficient (Wildman–Crippen LogP) is 0.805. The molecule has 7 rings (SSSR count). The summed E-state index contributed by atoms with van der Waals surface area (Å²) in [5, 5.41) is 9.26. The fourth-order valence-electron chi connectivity index (χ4n) is 8.85. The van der Waals surface area contributed by atoms with E-state index in [1.54, 1.807) is 31.2 Å². The second kappa shape index (κ2) is 26.0. The van der Waals surface area contributed by atoms with Crippen molar-refractivity contribution in [3.63, 3.8) is 0 Å². The Labute approximate surface area is 452 Å². The third-order valence-electron chi connectivity index (χ3n) is 12.7. The fraction of sp³-hybridized carbons (Fsp3) is 0.610. The number of alkyl halides is 1. The summed E-state index contributed by atoms with van der Waals surface area (Å²) in [5.74, 6) is -1.28. The monoisotopic (exact) mass is 1220 g/mol. The van der Waals surface area contributed by atoms with E-state index in [-0.39, 0.29) is 60.9 Å². The van der Waals surface area contributed by atoms with E-state index in [4.69, 9.17) is 64.4 Å². The minimum Gasteiger partial charge on any atom is -0.480 e. The summed E-state index contributed by atoms with van der Waals surface area (Å²) < 4.78 is 115. The Balaban J connectivity index is 1.15.